The fourth-order valence-electron chi connectivity index (χ4n) is 3.25. The Morgan fingerprint density at radius 1 is 1.10 bits per heavy atom. The second kappa shape index (κ2) is 9.34. The average molecular weight is 426 g/mol. The molecule has 2 aromatic rings. The van der Waals surface area contributed by atoms with E-state index in [-0.39, 0.29) is 12.5 Å². The molecule has 1 fully saturated rings. The van der Waals surface area contributed by atoms with Crippen LogP contribution in [-0.2, 0) is 9.59 Å². The van der Waals surface area contributed by atoms with Gasteiger partial charge in [0.25, 0.3) is 5.91 Å². The van der Waals surface area contributed by atoms with Gasteiger partial charge in [-0.25, -0.2) is 4.79 Å². The molecule has 0 spiro atoms. The summed E-state index contributed by atoms with van der Waals surface area (Å²) in [5.41, 5.74) is -0.311. The van der Waals surface area contributed by atoms with Crippen LogP contribution in [0, 0.1) is 5.92 Å². The van der Waals surface area contributed by atoms with Crippen LogP contribution in [0.15, 0.2) is 64.4 Å². The highest BCUT2D eigenvalue weighted by Gasteiger charge is 2.47. The van der Waals surface area contributed by atoms with Gasteiger partial charge in [-0.2, -0.15) is 0 Å². The Bertz CT molecular complexity index is 932. The van der Waals surface area contributed by atoms with Crippen molar-refractivity contribution >= 4 is 35.3 Å². The lowest BCUT2D eigenvalue weighted by Crippen LogP contribution is -2.44. The van der Waals surface area contributed by atoms with Crippen molar-refractivity contribution in [2.45, 2.75) is 48.9 Å². The summed E-state index contributed by atoms with van der Waals surface area (Å²) in [6.45, 7) is 5.55. The predicted molar refractivity (Wildman–Crippen MR) is 118 cm³/mol. The number of hydrogen-bond donors (Lipinski definition) is 2. The molecule has 0 radical (unpaired) electrons. The predicted octanol–water partition coefficient (Wildman–Crippen LogP) is 4.52. The van der Waals surface area contributed by atoms with E-state index in [2.05, 4.69) is 24.5 Å². The fourth-order valence-corrected chi connectivity index (χ4v) is 4.17. The molecule has 0 saturated carbocycles. The maximum absolute atomic E-state index is 12.8. The topological polar surface area (TPSA) is 78.5 Å². The van der Waals surface area contributed by atoms with Crippen LogP contribution in [0.2, 0.25) is 0 Å². The summed E-state index contributed by atoms with van der Waals surface area (Å²) in [5.74, 6) is -0.342. The first-order valence-electron chi connectivity index (χ1n) is 10.0. The first kappa shape index (κ1) is 21.9. The van der Waals surface area contributed by atoms with Gasteiger partial charge in [0.1, 0.15) is 12.1 Å². The number of rotatable bonds is 8. The molecule has 1 heterocycles. The summed E-state index contributed by atoms with van der Waals surface area (Å²) in [4.78, 5) is 40.7. The summed E-state index contributed by atoms with van der Waals surface area (Å²) in [7, 11) is 0. The molecule has 1 atom stereocenters. The number of nitrogens with one attached hydrogen (secondary N) is 2. The Morgan fingerprint density at radius 2 is 1.77 bits per heavy atom. The van der Waals surface area contributed by atoms with Gasteiger partial charge in [0.05, 0.1) is 5.69 Å². The van der Waals surface area contributed by atoms with Crippen molar-refractivity contribution in [3.63, 3.8) is 0 Å². The molecule has 1 saturated heterocycles. The van der Waals surface area contributed by atoms with E-state index in [0.29, 0.717) is 18.0 Å². The van der Waals surface area contributed by atoms with E-state index in [0.717, 1.165) is 21.1 Å². The second-order valence-corrected chi connectivity index (χ2v) is 9.16. The van der Waals surface area contributed by atoms with Gasteiger partial charge in [-0.15, -0.1) is 0 Å². The van der Waals surface area contributed by atoms with Crippen molar-refractivity contribution in [2.24, 2.45) is 5.92 Å². The fraction of sp³-hybridized carbons (Fsp3) is 0.348. The SMILES string of the molecule is CC(C)CCC1(C)NC(=O)N(CC(=O)Nc2ccccc2Sc2ccccc2)C1=O. The molecule has 30 heavy (non-hydrogen) atoms. The van der Waals surface area contributed by atoms with Crippen molar-refractivity contribution in [2.75, 3.05) is 11.9 Å². The summed E-state index contributed by atoms with van der Waals surface area (Å²) in [6.07, 6.45) is 1.36. The van der Waals surface area contributed by atoms with E-state index in [1.54, 1.807) is 6.92 Å². The molecule has 158 valence electrons. The zero-order chi connectivity index (χ0) is 21.7. The summed E-state index contributed by atoms with van der Waals surface area (Å²) < 4.78 is 0. The van der Waals surface area contributed by atoms with Crippen molar-refractivity contribution in [3.05, 3.63) is 54.6 Å². The number of anilines is 1. The summed E-state index contributed by atoms with van der Waals surface area (Å²) in [5, 5.41) is 5.59. The maximum atomic E-state index is 12.8. The third kappa shape index (κ3) is 5.21. The lowest BCUT2D eigenvalue weighted by atomic mass is 9.92. The highest BCUT2D eigenvalue weighted by Crippen LogP contribution is 2.33. The quantitative estimate of drug-likeness (QED) is 0.610. The Labute approximate surface area is 181 Å². The zero-order valence-electron chi connectivity index (χ0n) is 17.5. The van der Waals surface area contributed by atoms with E-state index in [4.69, 9.17) is 0 Å². The minimum absolute atomic E-state index is 0.313. The van der Waals surface area contributed by atoms with E-state index in [1.165, 1.54) is 11.8 Å². The molecule has 0 aromatic heterocycles. The first-order valence-corrected chi connectivity index (χ1v) is 10.9. The normalized spacial score (nSPS) is 18.6. The number of urea groups is 1. The van der Waals surface area contributed by atoms with Crippen LogP contribution in [0.4, 0.5) is 10.5 Å². The molecule has 1 aliphatic rings. The number of benzene rings is 2. The highest BCUT2D eigenvalue weighted by molar-refractivity contribution is 7.99. The van der Waals surface area contributed by atoms with Gasteiger partial charge < -0.3 is 10.6 Å². The van der Waals surface area contributed by atoms with Crippen molar-refractivity contribution in [1.82, 2.24) is 10.2 Å². The van der Waals surface area contributed by atoms with Crippen LogP contribution in [-0.4, -0.2) is 34.8 Å². The summed E-state index contributed by atoms with van der Waals surface area (Å²) in [6, 6.07) is 16.8. The van der Waals surface area contributed by atoms with E-state index in [9.17, 15) is 14.4 Å². The molecule has 0 aliphatic carbocycles. The largest absolute Gasteiger partial charge is 0.325 e. The van der Waals surface area contributed by atoms with Gasteiger partial charge in [-0.05, 0) is 49.9 Å². The molecular weight excluding hydrogens is 398 g/mol. The third-order valence-corrected chi connectivity index (χ3v) is 6.08. The minimum atomic E-state index is -0.956. The molecule has 2 aromatic carbocycles. The van der Waals surface area contributed by atoms with Crippen LogP contribution in [0.3, 0.4) is 0 Å². The van der Waals surface area contributed by atoms with Crippen LogP contribution in [0.5, 0.6) is 0 Å². The van der Waals surface area contributed by atoms with Crippen LogP contribution in [0.1, 0.15) is 33.6 Å². The van der Waals surface area contributed by atoms with E-state index in [1.807, 2.05) is 54.6 Å². The van der Waals surface area contributed by atoms with Gasteiger partial charge in [-0.1, -0.05) is 55.9 Å². The molecule has 2 N–H and O–H groups in total. The van der Waals surface area contributed by atoms with Crippen molar-refractivity contribution < 1.29 is 14.4 Å². The first-order chi connectivity index (χ1) is 14.3. The van der Waals surface area contributed by atoms with Gasteiger partial charge in [-0.3, -0.25) is 14.5 Å². The molecule has 7 heteroatoms. The number of hydrogen-bond acceptors (Lipinski definition) is 4. The average Bonchev–Trinajstić information content (AvgIpc) is 2.92. The van der Waals surface area contributed by atoms with Gasteiger partial charge in [0.2, 0.25) is 5.91 Å². The maximum Gasteiger partial charge on any atom is 0.325 e. The van der Waals surface area contributed by atoms with E-state index < -0.39 is 17.5 Å². The van der Waals surface area contributed by atoms with Crippen LogP contribution >= 0.6 is 11.8 Å². The van der Waals surface area contributed by atoms with Gasteiger partial charge in [0, 0.05) is 9.79 Å². The third-order valence-electron chi connectivity index (χ3n) is 5.00. The molecule has 6 nitrogen and oxygen atoms in total. The Hall–Kier alpha value is -2.80. The molecule has 1 unspecified atom stereocenters. The van der Waals surface area contributed by atoms with E-state index >= 15 is 0 Å². The Morgan fingerprint density at radius 3 is 2.47 bits per heavy atom. The van der Waals surface area contributed by atoms with Crippen molar-refractivity contribution in [3.8, 4) is 0 Å². The second-order valence-electron chi connectivity index (χ2n) is 8.05. The number of amides is 4. The molecular formula is C23H27N3O3S. The smallest absolute Gasteiger partial charge is 0.323 e. The number of para-hydroxylation sites is 1. The van der Waals surface area contributed by atoms with Gasteiger partial charge >= 0.3 is 6.03 Å². The number of nitrogens with zero attached hydrogens (tertiary/aromatic N) is 1. The summed E-state index contributed by atoms with van der Waals surface area (Å²) >= 11 is 1.53. The molecule has 0 bridgehead atoms. The van der Waals surface area contributed by atoms with Crippen LogP contribution in [0.25, 0.3) is 0 Å². The lowest BCUT2D eigenvalue weighted by Gasteiger charge is -2.22. The number of carbonyl (C=O) groups excluding carboxylic acids is 3. The lowest BCUT2D eigenvalue weighted by molar-refractivity contribution is -0.133. The minimum Gasteiger partial charge on any atom is -0.323 e. The van der Waals surface area contributed by atoms with Gasteiger partial charge in [0.15, 0.2) is 0 Å². The molecule has 1 aliphatic heterocycles. The monoisotopic (exact) mass is 425 g/mol. The standard InChI is InChI=1S/C23H27N3O3S/c1-16(2)13-14-23(3)21(28)26(22(29)25-23)15-20(27)24-18-11-7-8-12-19(18)30-17-9-5-4-6-10-17/h4-12,16H,13-15H2,1-3H3,(H,24,27)(H,25,29). The Kier molecular flexibility index (Phi) is 6.82. The zero-order valence-corrected chi connectivity index (χ0v) is 18.3. The number of imide groups is 1. The van der Waals surface area contributed by atoms with Crippen LogP contribution < -0.4 is 10.6 Å². The van der Waals surface area contributed by atoms with Crippen molar-refractivity contribution in [1.29, 1.82) is 0 Å². The molecule has 3 rings (SSSR count). The molecule has 4 amide bonds. The highest BCUT2D eigenvalue weighted by atomic mass is 32.2. The number of carbonyl (C=O) groups is 3. The Balaban J connectivity index is 1.66.